The number of aliphatic hydroxyl groups excluding tert-OH is 1. The second-order valence-corrected chi connectivity index (χ2v) is 5.84. The summed E-state index contributed by atoms with van der Waals surface area (Å²) in [6.45, 7) is -0.400. The Hall–Kier alpha value is -3.04. The molecule has 0 aliphatic carbocycles. The fourth-order valence-corrected chi connectivity index (χ4v) is 2.68. The molecule has 0 saturated heterocycles. The average molecular weight is 379 g/mol. The standard InChI is InChI=1S/C18H16F3N3O3/c19-10-5-8(1-2-11(10)22)13-6-12(26)14-17(23)15(20)9(7-24-3-4-25)16(21)18(14)27-13/h1-2,5-6,24-25H,3-4,7,22-23H2. The molecule has 3 aromatic rings. The Labute approximate surface area is 151 Å². The van der Waals surface area contributed by atoms with Gasteiger partial charge < -0.3 is 26.3 Å². The molecule has 0 radical (unpaired) electrons. The van der Waals surface area contributed by atoms with E-state index in [1.807, 2.05) is 0 Å². The van der Waals surface area contributed by atoms with Crippen LogP contribution in [0.4, 0.5) is 24.5 Å². The molecule has 9 heteroatoms. The van der Waals surface area contributed by atoms with Crippen molar-refractivity contribution in [3.8, 4) is 11.3 Å². The second-order valence-electron chi connectivity index (χ2n) is 5.84. The minimum absolute atomic E-state index is 0.100. The van der Waals surface area contributed by atoms with Crippen LogP contribution in [0.2, 0.25) is 0 Å². The van der Waals surface area contributed by atoms with Crippen LogP contribution < -0.4 is 22.2 Å². The molecular formula is C18H16F3N3O3. The van der Waals surface area contributed by atoms with Crippen LogP contribution >= 0.6 is 0 Å². The Balaban J connectivity index is 2.23. The van der Waals surface area contributed by atoms with Gasteiger partial charge in [0.2, 0.25) is 0 Å². The van der Waals surface area contributed by atoms with Gasteiger partial charge in [0.05, 0.1) is 23.4 Å². The first-order valence-corrected chi connectivity index (χ1v) is 7.95. The molecule has 142 valence electrons. The van der Waals surface area contributed by atoms with Crippen molar-refractivity contribution in [3.63, 3.8) is 0 Å². The van der Waals surface area contributed by atoms with Gasteiger partial charge in [-0.2, -0.15) is 0 Å². The largest absolute Gasteiger partial charge is 0.453 e. The summed E-state index contributed by atoms with van der Waals surface area (Å²) in [5.41, 5.74) is 8.86. The number of nitrogens with one attached hydrogen (secondary N) is 1. The third-order valence-electron chi connectivity index (χ3n) is 4.06. The van der Waals surface area contributed by atoms with E-state index in [2.05, 4.69) is 5.32 Å². The van der Waals surface area contributed by atoms with Crippen LogP contribution in [0, 0.1) is 17.5 Å². The van der Waals surface area contributed by atoms with Crippen LogP contribution in [-0.2, 0) is 6.54 Å². The van der Waals surface area contributed by atoms with Gasteiger partial charge in [0.15, 0.2) is 22.6 Å². The number of nitrogens with two attached hydrogens (primary N) is 2. The van der Waals surface area contributed by atoms with Crippen molar-refractivity contribution < 1.29 is 22.7 Å². The van der Waals surface area contributed by atoms with Crippen molar-refractivity contribution in [1.29, 1.82) is 0 Å². The zero-order chi connectivity index (χ0) is 19.7. The summed E-state index contributed by atoms with van der Waals surface area (Å²) in [4.78, 5) is 12.4. The Morgan fingerprint density at radius 2 is 1.85 bits per heavy atom. The van der Waals surface area contributed by atoms with Gasteiger partial charge in [0.25, 0.3) is 0 Å². The number of anilines is 2. The maximum absolute atomic E-state index is 14.8. The molecule has 0 unspecified atom stereocenters. The van der Waals surface area contributed by atoms with Gasteiger partial charge in [-0.3, -0.25) is 4.79 Å². The second kappa shape index (κ2) is 7.29. The van der Waals surface area contributed by atoms with Crippen LogP contribution in [0.1, 0.15) is 5.56 Å². The molecule has 27 heavy (non-hydrogen) atoms. The minimum Gasteiger partial charge on any atom is -0.453 e. The zero-order valence-corrected chi connectivity index (χ0v) is 14.0. The number of fused-ring (bicyclic) bond motifs is 1. The molecule has 0 saturated carbocycles. The summed E-state index contributed by atoms with van der Waals surface area (Å²) in [6.07, 6.45) is 0. The van der Waals surface area contributed by atoms with Crippen LogP contribution in [0.25, 0.3) is 22.3 Å². The Morgan fingerprint density at radius 1 is 1.11 bits per heavy atom. The first-order chi connectivity index (χ1) is 12.8. The number of aliphatic hydroxyl groups is 1. The average Bonchev–Trinajstić information content (AvgIpc) is 2.64. The summed E-state index contributed by atoms with van der Waals surface area (Å²) in [5.74, 6) is -3.03. The number of hydrogen-bond acceptors (Lipinski definition) is 6. The highest BCUT2D eigenvalue weighted by Crippen LogP contribution is 2.32. The Kier molecular flexibility index (Phi) is 5.06. The minimum atomic E-state index is -1.10. The van der Waals surface area contributed by atoms with Gasteiger partial charge in [0.1, 0.15) is 11.6 Å². The van der Waals surface area contributed by atoms with Crippen molar-refractivity contribution in [1.82, 2.24) is 5.32 Å². The lowest BCUT2D eigenvalue weighted by atomic mass is 10.1. The maximum Gasteiger partial charge on any atom is 0.195 e. The third kappa shape index (κ3) is 3.34. The van der Waals surface area contributed by atoms with Crippen molar-refractivity contribution in [2.45, 2.75) is 6.54 Å². The van der Waals surface area contributed by atoms with Crippen LogP contribution in [0.5, 0.6) is 0 Å². The van der Waals surface area contributed by atoms with Crippen LogP contribution in [-0.4, -0.2) is 18.3 Å². The number of nitrogen functional groups attached to an aromatic ring is 2. The Morgan fingerprint density at radius 3 is 2.52 bits per heavy atom. The molecule has 2 aromatic carbocycles. The molecule has 0 spiro atoms. The number of hydrogen-bond donors (Lipinski definition) is 4. The molecular weight excluding hydrogens is 363 g/mol. The molecule has 0 aliphatic rings. The summed E-state index contributed by atoms with van der Waals surface area (Å²) < 4.78 is 48.4. The summed E-state index contributed by atoms with van der Waals surface area (Å²) in [7, 11) is 0. The topological polar surface area (TPSA) is 115 Å². The van der Waals surface area contributed by atoms with Gasteiger partial charge >= 0.3 is 0 Å². The van der Waals surface area contributed by atoms with E-state index in [0.29, 0.717) is 0 Å². The molecule has 0 atom stereocenters. The highest BCUT2D eigenvalue weighted by Gasteiger charge is 2.23. The van der Waals surface area contributed by atoms with Gasteiger partial charge in [0, 0.05) is 30.3 Å². The molecule has 1 heterocycles. The van der Waals surface area contributed by atoms with Gasteiger partial charge in [-0.05, 0) is 18.2 Å². The van der Waals surface area contributed by atoms with Crippen LogP contribution in [0.15, 0.2) is 33.5 Å². The molecule has 6 N–H and O–H groups in total. The van der Waals surface area contributed by atoms with E-state index < -0.39 is 45.1 Å². The van der Waals surface area contributed by atoms with E-state index in [-0.39, 0.29) is 36.7 Å². The quantitative estimate of drug-likeness (QED) is 0.399. The molecule has 0 bridgehead atoms. The van der Waals surface area contributed by atoms with Gasteiger partial charge in [-0.15, -0.1) is 0 Å². The molecule has 0 aliphatic heterocycles. The van der Waals surface area contributed by atoms with Crippen molar-refractivity contribution in [3.05, 3.63) is 57.5 Å². The lowest BCUT2D eigenvalue weighted by Crippen LogP contribution is -2.20. The lowest BCUT2D eigenvalue weighted by molar-refractivity contribution is 0.291. The summed E-state index contributed by atoms with van der Waals surface area (Å²) in [5, 5.41) is 11.0. The Bertz CT molecular complexity index is 1080. The molecule has 3 rings (SSSR count). The number of benzene rings is 2. The first-order valence-electron chi connectivity index (χ1n) is 7.95. The zero-order valence-electron chi connectivity index (χ0n) is 14.0. The SMILES string of the molecule is Nc1ccc(-c2cc(=O)c3c(N)c(F)c(CNCCO)c(F)c3o2)cc1F. The highest BCUT2D eigenvalue weighted by molar-refractivity contribution is 5.91. The summed E-state index contributed by atoms with van der Waals surface area (Å²) in [6, 6.07) is 4.69. The van der Waals surface area contributed by atoms with Crippen LogP contribution in [0.3, 0.4) is 0 Å². The van der Waals surface area contributed by atoms with E-state index >= 15 is 0 Å². The maximum atomic E-state index is 14.8. The predicted molar refractivity (Wildman–Crippen MR) is 95.4 cm³/mol. The van der Waals surface area contributed by atoms with E-state index in [1.54, 1.807) is 0 Å². The number of halogens is 3. The lowest BCUT2D eigenvalue weighted by Gasteiger charge is -2.12. The van der Waals surface area contributed by atoms with Crippen molar-refractivity contribution in [2.24, 2.45) is 0 Å². The predicted octanol–water partition coefficient (Wildman–Crippen LogP) is 2.12. The van der Waals surface area contributed by atoms with E-state index in [1.165, 1.54) is 12.1 Å². The van der Waals surface area contributed by atoms with E-state index in [9.17, 15) is 18.0 Å². The molecule has 0 amide bonds. The fraction of sp³-hybridized carbons (Fsp3) is 0.167. The van der Waals surface area contributed by atoms with Crippen molar-refractivity contribution >= 4 is 22.3 Å². The summed E-state index contributed by atoms with van der Waals surface area (Å²) >= 11 is 0. The number of rotatable bonds is 5. The van der Waals surface area contributed by atoms with Gasteiger partial charge in [-0.25, -0.2) is 13.2 Å². The highest BCUT2D eigenvalue weighted by atomic mass is 19.1. The molecule has 1 aromatic heterocycles. The van der Waals surface area contributed by atoms with Crippen molar-refractivity contribution in [2.75, 3.05) is 24.6 Å². The van der Waals surface area contributed by atoms with E-state index in [0.717, 1.165) is 12.1 Å². The first kappa shape index (κ1) is 18.7. The normalized spacial score (nSPS) is 11.3. The van der Waals surface area contributed by atoms with E-state index in [4.69, 9.17) is 21.0 Å². The molecule has 6 nitrogen and oxygen atoms in total. The third-order valence-corrected chi connectivity index (χ3v) is 4.06. The monoisotopic (exact) mass is 379 g/mol. The fourth-order valence-electron chi connectivity index (χ4n) is 2.68. The van der Waals surface area contributed by atoms with Gasteiger partial charge in [-0.1, -0.05) is 0 Å². The molecule has 0 fully saturated rings. The smallest absolute Gasteiger partial charge is 0.195 e.